The molecule has 0 saturated carbocycles. The van der Waals surface area contributed by atoms with E-state index in [0.29, 0.717) is 0 Å². The van der Waals surface area contributed by atoms with E-state index in [1.807, 2.05) is 49.1 Å². The van der Waals surface area contributed by atoms with Gasteiger partial charge in [0.15, 0.2) is 0 Å². The average molecular weight is 323 g/mol. The largest absolute Gasteiger partial charge is 0.379 e. The van der Waals surface area contributed by atoms with Crippen LogP contribution in [0, 0.1) is 13.8 Å². The van der Waals surface area contributed by atoms with Gasteiger partial charge in [-0.25, -0.2) is 0 Å². The van der Waals surface area contributed by atoms with Crippen LogP contribution < -0.4 is 0 Å². The van der Waals surface area contributed by atoms with Crippen LogP contribution in [0.3, 0.4) is 0 Å². The van der Waals surface area contributed by atoms with E-state index in [9.17, 15) is 4.79 Å². The zero-order chi connectivity index (χ0) is 17.1. The maximum Gasteiger partial charge on any atom is 0.254 e. The van der Waals surface area contributed by atoms with Gasteiger partial charge in [0.1, 0.15) is 0 Å². The molecule has 1 aliphatic heterocycles. The Hall–Kier alpha value is -2.13. The lowest BCUT2D eigenvalue weighted by molar-refractivity contribution is 0.0508. The second-order valence-electron chi connectivity index (χ2n) is 6.69. The van der Waals surface area contributed by atoms with Crippen molar-refractivity contribution in [1.82, 2.24) is 4.90 Å². The first-order chi connectivity index (χ1) is 11.6. The summed E-state index contributed by atoms with van der Waals surface area (Å²) in [5, 5.41) is 0. The molecule has 0 bridgehead atoms. The highest BCUT2D eigenvalue weighted by molar-refractivity contribution is 5.95. The van der Waals surface area contributed by atoms with Crippen molar-refractivity contribution in [3.63, 3.8) is 0 Å². The topological polar surface area (TPSA) is 29.5 Å². The monoisotopic (exact) mass is 323 g/mol. The Balaban J connectivity index is 1.85. The summed E-state index contributed by atoms with van der Waals surface area (Å²) < 4.78 is 5.67. The third-order valence-electron chi connectivity index (χ3n) is 4.80. The number of methoxy groups -OCH3 is 1. The fourth-order valence-electron chi connectivity index (χ4n) is 3.71. The van der Waals surface area contributed by atoms with Gasteiger partial charge in [0, 0.05) is 19.2 Å². The summed E-state index contributed by atoms with van der Waals surface area (Å²) in [6, 6.07) is 16.5. The quantitative estimate of drug-likeness (QED) is 0.857. The van der Waals surface area contributed by atoms with Crippen LogP contribution in [0.2, 0.25) is 0 Å². The highest BCUT2D eigenvalue weighted by atomic mass is 16.5. The molecule has 0 aromatic heterocycles. The molecule has 0 aliphatic carbocycles. The van der Waals surface area contributed by atoms with Crippen LogP contribution in [0.1, 0.15) is 33.5 Å². The molecule has 0 unspecified atom stereocenters. The number of nitrogens with zero attached hydrogens (tertiary/aromatic N) is 1. The molecule has 1 amide bonds. The van der Waals surface area contributed by atoms with Gasteiger partial charge >= 0.3 is 0 Å². The summed E-state index contributed by atoms with van der Waals surface area (Å²) in [5.41, 5.74) is 4.27. The third kappa shape index (κ3) is 3.51. The zero-order valence-electron chi connectivity index (χ0n) is 14.7. The summed E-state index contributed by atoms with van der Waals surface area (Å²) in [5.74, 6) is 0.113. The molecule has 2 aromatic carbocycles. The van der Waals surface area contributed by atoms with Crippen molar-refractivity contribution in [2.45, 2.75) is 38.8 Å². The number of benzene rings is 2. The Bertz CT molecular complexity index is 691. The van der Waals surface area contributed by atoms with Crippen LogP contribution in [0.4, 0.5) is 0 Å². The van der Waals surface area contributed by atoms with E-state index in [-0.39, 0.29) is 18.1 Å². The van der Waals surface area contributed by atoms with Gasteiger partial charge in [0.05, 0.1) is 12.1 Å². The summed E-state index contributed by atoms with van der Waals surface area (Å²) in [6.45, 7) is 4.82. The molecule has 1 aliphatic rings. The first kappa shape index (κ1) is 16.7. The Morgan fingerprint density at radius 1 is 1.12 bits per heavy atom. The van der Waals surface area contributed by atoms with Crippen LogP contribution in [0.25, 0.3) is 0 Å². The van der Waals surface area contributed by atoms with Gasteiger partial charge in [-0.05, 0) is 44.4 Å². The normalized spacial score (nSPS) is 20.4. The summed E-state index contributed by atoms with van der Waals surface area (Å²) >= 11 is 0. The minimum Gasteiger partial charge on any atom is -0.379 e. The molecule has 3 nitrogen and oxygen atoms in total. The van der Waals surface area contributed by atoms with E-state index in [2.05, 4.69) is 18.2 Å². The standard InChI is InChI=1S/C21H25NO2/c1-15-11-16(2)13-18(12-15)21(23)22-10-9-20(24-3)19(22)14-17-7-5-4-6-8-17/h4-8,11-13,19-20H,9-10,14H2,1-3H3/t19-,20+/m0/s1. The molecule has 0 spiro atoms. The Morgan fingerprint density at radius 2 is 1.79 bits per heavy atom. The van der Waals surface area contributed by atoms with Crippen LogP contribution in [0.15, 0.2) is 48.5 Å². The number of ether oxygens (including phenoxy) is 1. The summed E-state index contributed by atoms with van der Waals surface area (Å²) in [6.07, 6.45) is 1.82. The molecule has 1 fully saturated rings. The van der Waals surface area contributed by atoms with Crippen LogP contribution in [0.5, 0.6) is 0 Å². The van der Waals surface area contributed by atoms with Crippen molar-refractivity contribution in [2.75, 3.05) is 13.7 Å². The Morgan fingerprint density at radius 3 is 2.42 bits per heavy atom. The van der Waals surface area contributed by atoms with E-state index >= 15 is 0 Å². The van der Waals surface area contributed by atoms with Crippen molar-refractivity contribution >= 4 is 5.91 Å². The number of carbonyl (C=O) groups is 1. The van der Waals surface area contributed by atoms with E-state index in [0.717, 1.165) is 36.1 Å². The number of likely N-dealkylation sites (tertiary alicyclic amines) is 1. The molecule has 2 aromatic rings. The first-order valence-corrected chi connectivity index (χ1v) is 8.54. The fourth-order valence-corrected chi connectivity index (χ4v) is 3.71. The highest BCUT2D eigenvalue weighted by Crippen LogP contribution is 2.26. The van der Waals surface area contributed by atoms with Gasteiger partial charge in [-0.2, -0.15) is 0 Å². The van der Waals surface area contributed by atoms with Gasteiger partial charge in [-0.1, -0.05) is 47.5 Å². The lowest BCUT2D eigenvalue weighted by Crippen LogP contribution is -2.41. The molecule has 1 heterocycles. The van der Waals surface area contributed by atoms with Crippen LogP contribution >= 0.6 is 0 Å². The van der Waals surface area contributed by atoms with E-state index in [1.165, 1.54) is 5.56 Å². The number of aryl methyl sites for hydroxylation is 2. The summed E-state index contributed by atoms with van der Waals surface area (Å²) in [4.78, 5) is 15.1. The first-order valence-electron chi connectivity index (χ1n) is 8.54. The molecular formula is C21H25NO2. The molecule has 1 saturated heterocycles. The van der Waals surface area contributed by atoms with Gasteiger partial charge in [-0.3, -0.25) is 4.79 Å². The molecule has 24 heavy (non-hydrogen) atoms. The van der Waals surface area contributed by atoms with E-state index in [4.69, 9.17) is 4.74 Å². The molecule has 2 atom stereocenters. The van der Waals surface area contributed by atoms with Crippen molar-refractivity contribution in [2.24, 2.45) is 0 Å². The van der Waals surface area contributed by atoms with Crippen molar-refractivity contribution < 1.29 is 9.53 Å². The predicted octanol–water partition coefficient (Wildman–Crippen LogP) is 3.78. The van der Waals surface area contributed by atoms with Crippen LogP contribution in [-0.2, 0) is 11.2 Å². The zero-order valence-corrected chi connectivity index (χ0v) is 14.7. The number of hydrogen-bond donors (Lipinski definition) is 0. The fraction of sp³-hybridized carbons (Fsp3) is 0.381. The van der Waals surface area contributed by atoms with Gasteiger partial charge in [-0.15, -0.1) is 0 Å². The van der Waals surface area contributed by atoms with Crippen molar-refractivity contribution in [3.8, 4) is 0 Å². The van der Waals surface area contributed by atoms with Gasteiger partial charge < -0.3 is 9.64 Å². The second-order valence-corrected chi connectivity index (χ2v) is 6.69. The SMILES string of the molecule is CO[C@@H]1CCN(C(=O)c2cc(C)cc(C)c2)[C@H]1Cc1ccccc1. The lowest BCUT2D eigenvalue weighted by atomic mass is 10.0. The number of hydrogen-bond acceptors (Lipinski definition) is 2. The lowest BCUT2D eigenvalue weighted by Gasteiger charge is -2.28. The predicted molar refractivity (Wildman–Crippen MR) is 96.3 cm³/mol. The van der Waals surface area contributed by atoms with Crippen molar-refractivity contribution in [3.05, 3.63) is 70.8 Å². The number of carbonyl (C=O) groups excluding carboxylic acids is 1. The number of rotatable bonds is 4. The van der Waals surface area contributed by atoms with Crippen LogP contribution in [-0.4, -0.2) is 36.6 Å². The molecular weight excluding hydrogens is 298 g/mol. The van der Waals surface area contributed by atoms with Gasteiger partial charge in [0.2, 0.25) is 0 Å². The second kappa shape index (κ2) is 7.18. The Labute approximate surface area is 144 Å². The van der Waals surface area contributed by atoms with E-state index in [1.54, 1.807) is 7.11 Å². The minimum absolute atomic E-state index is 0.0886. The maximum absolute atomic E-state index is 13.1. The molecule has 3 heteroatoms. The average Bonchev–Trinajstić information content (AvgIpc) is 2.97. The minimum atomic E-state index is 0.0886. The van der Waals surface area contributed by atoms with Crippen molar-refractivity contribution in [1.29, 1.82) is 0 Å². The molecule has 0 N–H and O–H groups in total. The molecule has 126 valence electrons. The maximum atomic E-state index is 13.1. The number of amides is 1. The Kier molecular flexibility index (Phi) is 5.00. The highest BCUT2D eigenvalue weighted by Gasteiger charge is 2.37. The van der Waals surface area contributed by atoms with Gasteiger partial charge in [0.25, 0.3) is 5.91 Å². The summed E-state index contributed by atoms with van der Waals surface area (Å²) in [7, 11) is 1.74. The molecule has 0 radical (unpaired) electrons. The third-order valence-corrected chi connectivity index (χ3v) is 4.80. The van der Waals surface area contributed by atoms with E-state index < -0.39 is 0 Å². The molecule has 3 rings (SSSR count). The smallest absolute Gasteiger partial charge is 0.254 e.